The Hall–Kier alpha value is -1.16. The van der Waals surface area contributed by atoms with Crippen LogP contribution in [-0.2, 0) is 10.3 Å². The first-order valence-corrected chi connectivity index (χ1v) is 6.99. The third-order valence-corrected chi connectivity index (χ3v) is 4.00. The van der Waals surface area contributed by atoms with E-state index in [1.54, 1.807) is 24.3 Å². The first-order chi connectivity index (χ1) is 9.12. The van der Waals surface area contributed by atoms with Gasteiger partial charge in [-0.25, -0.2) is 0 Å². The van der Waals surface area contributed by atoms with Crippen LogP contribution >= 0.6 is 27.5 Å². The van der Waals surface area contributed by atoms with E-state index in [-0.39, 0.29) is 5.78 Å². The molecule has 0 N–H and O–H groups in total. The molecule has 1 aliphatic rings. The van der Waals surface area contributed by atoms with Gasteiger partial charge in [0, 0.05) is 15.1 Å². The second-order valence-corrected chi connectivity index (χ2v) is 5.81. The van der Waals surface area contributed by atoms with Crippen LogP contribution in [0.15, 0.2) is 53.0 Å². The molecule has 1 heterocycles. The van der Waals surface area contributed by atoms with E-state index in [0.29, 0.717) is 17.2 Å². The number of hydrogen-bond acceptors (Lipinski definition) is 2. The number of epoxide rings is 1. The van der Waals surface area contributed by atoms with E-state index < -0.39 is 5.60 Å². The van der Waals surface area contributed by atoms with E-state index in [4.69, 9.17) is 16.3 Å². The quantitative estimate of drug-likeness (QED) is 0.620. The Labute approximate surface area is 124 Å². The van der Waals surface area contributed by atoms with Crippen molar-refractivity contribution in [3.63, 3.8) is 0 Å². The maximum absolute atomic E-state index is 12.6. The van der Waals surface area contributed by atoms with Gasteiger partial charge >= 0.3 is 0 Å². The second kappa shape index (κ2) is 4.75. The smallest absolute Gasteiger partial charge is 0.201 e. The highest BCUT2D eigenvalue weighted by molar-refractivity contribution is 9.10. The molecule has 1 aliphatic heterocycles. The summed E-state index contributed by atoms with van der Waals surface area (Å²) in [6.07, 6.45) is 0. The lowest BCUT2D eigenvalue weighted by atomic mass is 9.91. The maximum Gasteiger partial charge on any atom is 0.201 e. The highest BCUT2D eigenvalue weighted by Gasteiger charge is 2.53. The first kappa shape index (κ1) is 12.9. The fraction of sp³-hybridized carbons (Fsp3) is 0.133. The monoisotopic (exact) mass is 336 g/mol. The number of carbonyl (C=O) groups is 1. The SMILES string of the molecule is O=C(c1ccc(Br)cc1)C1(c2ccc(Cl)cc2)CO1. The van der Waals surface area contributed by atoms with Crippen molar-refractivity contribution in [3.05, 3.63) is 69.2 Å². The van der Waals surface area contributed by atoms with Crippen LogP contribution in [0, 0.1) is 0 Å². The number of benzene rings is 2. The number of rotatable bonds is 3. The van der Waals surface area contributed by atoms with Crippen molar-refractivity contribution >= 4 is 33.3 Å². The predicted octanol–water partition coefficient (Wildman–Crippen LogP) is 4.21. The molecule has 1 saturated heterocycles. The van der Waals surface area contributed by atoms with Gasteiger partial charge < -0.3 is 4.74 Å². The number of carbonyl (C=O) groups excluding carboxylic acids is 1. The van der Waals surface area contributed by atoms with Gasteiger partial charge in [0.05, 0.1) is 6.61 Å². The van der Waals surface area contributed by atoms with Gasteiger partial charge in [0.25, 0.3) is 0 Å². The second-order valence-electron chi connectivity index (χ2n) is 4.46. The molecule has 0 amide bonds. The third-order valence-electron chi connectivity index (χ3n) is 3.22. The van der Waals surface area contributed by atoms with Crippen LogP contribution in [0.25, 0.3) is 0 Å². The lowest BCUT2D eigenvalue weighted by Crippen LogP contribution is -2.22. The summed E-state index contributed by atoms with van der Waals surface area (Å²) in [5.41, 5.74) is 0.679. The average molecular weight is 338 g/mol. The Morgan fingerprint density at radius 1 is 1.11 bits per heavy atom. The van der Waals surface area contributed by atoms with Crippen LogP contribution in [0.2, 0.25) is 5.02 Å². The molecule has 0 aromatic heterocycles. The highest BCUT2D eigenvalue weighted by Crippen LogP contribution is 2.42. The zero-order valence-electron chi connectivity index (χ0n) is 9.90. The van der Waals surface area contributed by atoms with Crippen LogP contribution < -0.4 is 0 Å². The van der Waals surface area contributed by atoms with Crippen LogP contribution in [0.1, 0.15) is 15.9 Å². The number of ketones is 1. The molecule has 4 heteroatoms. The van der Waals surface area contributed by atoms with Crippen molar-refractivity contribution in [2.24, 2.45) is 0 Å². The van der Waals surface area contributed by atoms with Crippen molar-refractivity contribution in [1.82, 2.24) is 0 Å². The van der Waals surface area contributed by atoms with Crippen molar-refractivity contribution in [2.45, 2.75) is 5.60 Å². The average Bonchev–Trinajstić information content (AvgIpc) is 3.21. The van der Waals surface area contributed by atoms with E-state index in [1.807, 2.05) is 24.3 Å². The van der Waals surface area contributed by atoms with Crippen molar-refractivity contribution in [1.29, 1.82) is 0 Å². The molecule has 3 rings (SSSR count). The summed E-state index contributed by atoms with van der Waals surface area (Å²) in [7, 11) is 0. The topological polar surface area (TPSA) is 29.6 Å². The number of ether oxygens (including phenoxy) is 1. The van der Waals surface area contributed by atoms with E-state index >= 15 is 0 Å². The van der Waals surface area contributed by atoms with Gasteiger partial charge in [-0.1, -0.05) is 51.8 Å². The molecule has 2 aromatic rings. The normalized spacial score (nSPS) is 21.2. The van der Waals surface area contributed by atoms with E-state index in [9.17, 15) is 4.79 Å². The molecule has 96 valence electrons. The fourth-order valence-electron chi connectivity index (χ4n) is 2.05. The summed E-state index contributed by atoms with van der Waals surface area (Å²) in [5, 5.41) is 0.649. The Bertz CT molecular complexity index is 616. The van der Waals surface area contributed by atoms with Crippen LogP contribution in [0.4, 0.5) is 0 Å². The maximum atomic E-state index is 12.6. The fourth-order valence-corrected chi connectivity index (χ4v) is 2.44. The number of Topliss-reactive ketones (excluding diaryl/α,β-unsaturated/α-hetero) is 1. The molecule has 0 radical (unpaired) electrons. The molecule has 19 heavy (non-hydrogen) atoms. The Balaban J connectivity index is 1.94. The summed E-state index contributed by atoms with van der Waals surface area (Å²) in [5.74, 6) is -0.0117. The largest absolute Gasteiger partial charge is 0.356 e. The van der Waals surface area contributed by atoms with Gasteiger partial charge in [0.2, 0.25) is 5.78 Å². The molecular weight excluding hydrogens is 328 g/mol. The van der Waals surface area contributed by atoms with Crippen LogP contribution in [0.5, 0.6) is 0 Å². The molecule has 0 spiro atoms. The molecular formula is C15H10BrClO2. The lowest BCUT2D eigenvalue weighted by molar-refractivity contribution is 0.0871. The summed E-state index contributed by atoms with van der Waals surface area (Å²) in [4.78, 5) is 12.6. The Morgan fingerprint density at radius 3 is 2.21 bits per heavy atom. The van der Waals surface area contributed by atoms with Crippen molar-refractivity contribution in [3.8, 4) is 0 Å². The van der Waals surface area contributed by atoms with Gasteiger partial charge in [-0.3, -0.25) is 4.79 Å². The minimum atomic E-state index is -0.821. The molecule has 0 bridgehead atoms. The zero-order chi connectivity index (χ0) is 13.5. The van der Waals surface area contributed by atoms with Gasteiger partial charge in [-0.05, 0) is 29.8 Å². The first-order valence-electron chi connectivity index (χ1n) is 5.82. The van der Waals surface area contributed by atoms with Crippen molar-refractivity contribution in [2.75, 3.05) is 6.61 Å². The molecule has 0 aliphatic carbocycles. The van der Waals surface area contributed by atoms with E-state index in [0.717, 1.165) is 10.0 Å². The highest BCUT2D eigenvalue weighted by atomic mass is 79.9. The zero-order valence-corrected chi connectivity index (χ0v) is 12.2. The summed E-state index contributed by atoms with van der Waals surface area (Å²) < 4.78 is 6.41. The molecule has 1 fully saturated rings. The number of hydrogen-bond donors (Lipinski definition) is 0. The standard InChI is InChI=1S/C15H10BrClO2/c16-12-5-1-10(2-6-12)14(18)15(9-19-15)11-3-7-13(17)8-4-11/h1-8H,9H2. The molecule has 1 atom stereocenters. The van der Waals surface area contributed by atoms with Gasteiger partial charge in [-0.2, -0.15) is 0 Å². The third kappa shape index (κ3) is 2.34. The Morgan fingerprint density at radius 2 is 1.68 bits per heavy atom. The minimum absolute atomic E-state index is 0.0117. The molecule has 1 unspecified atom stereocenters. The van der Waals surface area contributed by atoms with Gasteiger partial charge in [0.15, 0.2) is 5.60 Å². The molecule has 0 saturated carbocycles. The minimum Gasteiger partial charge on any atom is -0.356 e. The molecule has 2 nitrogen and oxygen atoms in total. The summed E-state index contributed by atoms with van der Waals surface area (Å²) >= 11 is 9.22. The molecule has 2 aromatic carbocycles. The summed E-state index contributed by atoms with van der Waals surface area (Å²) in [6.45, 7) is 0.420. The van der Waals surface area contributed by atoms with Crippen LogP contribution in [-0.4, -0.2) is 12.4 Å². The van der Waals surface area contributed by atoms with Crippen LogP contribution in [0.3, 0.4) is 0 Å². The van der Waals surface area contributed by atoms with Gasteiger partial charge in [0.1, 0.15) is 0 Å². The van der Waals surface area contributed by atoms with Crippen molar-refractivity contribution < 1.29 is 9.53 Å². The Kier molecular flexibility index (Phi) is 3.21. The lowest BCUT2D eigenvalue weighted by Gasteiger charge is -2.11. The predicted molar refractivity (Wildman–Crippen MR) is 77.6 cm³/mol. The summed E-state index contributed by atoms with van der Waals surface area (Å²) in [6, 6.07) is 14.5. The van der Waals surface area contributed by atoms with E-state index in [2.05, 4.69) is 15.9 Å². The number of halogens is 2. The van der Waals surface area contributed by atoms with E-state index in [1.165, 1.54) is 0 Å². The van der Waals surface area contributed by atoms with Gasteiger partial charge in [-0.15, -0.1) is 0 Å².